The van der Waals surface area contributed by atoms with E-state index in [9.17, 15) is 0 Å². The van der Waals surface area contributed by atoms with Crippen molar-refractivity contribution in [3.8, 4) is 22.3 Å². The summed E-state index contributed by atoms with van der Waals surface area (Å²) in [7, 11) is 0. The number of para-hydroxylation sites is 2. The molecule has 2 aromatic heterocycles. The van der Waals surface area contributed by atoms with Crippen molar-refractivity contribution in [2.24, 2.45) is 0 Å². The average Bonchev–Trinajstić information content (AvgIpc) is 3.33. The van der Waals surface area contributed by atoms with Crippen LogP contribution in [0.25, 0.3) is 10.8 Å². The molecule has 6 nitrogen and oxygen atoms in total. The van der Waals surface area contributed by atoms with Crippen LogP contribution in [-0.2, 0) is 6.54 Å². The van der Waals surface area contributed by atoms with Crippen LogP contribution in [0.1, 0.15) is 19.2 Å². The molecule has 0 N–H and O–H groups in total. The number of rotatable bonds is 7. The normalized spacial score (nSPS) is 16.2. The Morgan fingerprint density at radius 2 is 2.08 bits per heavy atom. The topological polar surface area (TPSA) is 60.6 Å². The maximum absolute atomic E-state index is 6.08. The van der Waals surface area contributed by atoms with Crippen molar-refractivity contribution in [3.63, 3.8) is 0 Å². The Morgan fingerprint density at radius 1 is 1.19 bits per heavy atom. The molecular weight excluding hydrogens is 350 g/mol. The third-order valence-corrected chi connectivity index (χ3v) is 4.99. The van der Waals surface area contributed by atoms with Crippen LogP contribution in [-0.4, -0.2) is 40.8 Å². The first-order valence-corrected chi connectivity index (χ1v) is 9.67. The number of nitrogens with zero attached hydrogens (tertiary/aromatic N) is 3. The van der Waals surface area contributed by atoms with Crippen LogP contribution in [0.3, 0.4) is 0 Å². The molecule has 4 rings (SSSR count). The zero-order valence-electron chi connectivity index (χ0n) is 14.6. The van der Waals surface area contributed by atoms with E-state index in [2.05, 4.69) is 22.0 Å². The lowest BCUT2D eigenvalue weighted by Gasteiger charge is -2.30. The lowest BCUT2D eigenvalue weighted by molar-refractivity contribution is 0.0555. The summed E-state index contributed by atoms with van der Waals surface area (Å²) in [6, 6.07) is 11.7. The fourth-order valence-electron chi connectivity index (χ4n) is 3.01. The van der Waals surface area contributed by atoms with Gasteiger partial charge in [0.25, 0.3) is 5.89 Å². The van der Waals surface area contributed by atoms with Gasteiger partial charge in [-0.15, -0.1) is 11.3 Å². The van der Waals surface area contributed by atoms with Gasteiger partial charge < -0.3 is 14.0 Å². The molecule has 0 fully saturated rings. The summed E-state index contributed by atoms with van der Waals surface area (Å²) in [4.78, 5) is 7.80. The molecule has 0 unspecified atom stereocenters. The molecule has 1 atom stereocenters. The molecule has 0 radical (unpaired) electrons. The summed E-state index contributed by atoms with van der Waals surface area (Å²) in [6.07, 6.45) is 1.03. The summed E-state index contributed by atoms with van der Waals surface area (Å²) in [5.74, 6) is 2.89. The lowest BCUT2D eigenvalue weighted by atomic mass is 10.2. The van der Waals surface area contributed by atoms with Gasteiger partial charge in [0.1, 0.15) is 12.7 Å². The Kier molecular flexibility index (Phi) is 5.17. The summed E-state index contributed by atoms with van der Waals surface area (Å²) in [5.41, 5.74) is 0. The van der Waals surface area contributed by atoms with Gasteiger partial charge in [0.05, 0.1) is 11.4 Å². The van der Waals surface area contributed by atoms with E-state index in [0.29, 0.717) is 24.9 Å². The van der Waals surface area contributed by atoms with Crippen molar-refractivity contribution in [1.82, 2.24) is 15.0 Å². The van der Waals surface area contributed by atoms with Crippen molar-refractivity contribution < 1.29 is 14.0 Å². The standard InChI is InChI=1S/C19H21N3O3S/c1-2-9-22(11-14-13-23-15-6-3-4-7-16(15)24-14)12-18-20-19(25-21-18)17-8-5-10-26-17/h3-8,10,14H,2,9,11-13H2,1H3/t14-/m0/s1. The molecule has 26 heavy (non-hydrogen) atoms. The minimum Gasteiger partial charge on any atom is -0.486 e. The minimum atomic E-state index is -0.0138. The maximum atomic E-state index is 6.08. The second kappa shape index (κ2) is 7.88. The van der Waals surface area contributed by atoms with Crippen molar-refractivity contribution in [1.29, 1.82) is 0 Å². The second-order valence-electron chi connectivity index (χ2n) is 6.23. The highest BCUT2D eigenvalue weighted by Gasteiger charge is 2.24. The van der Waals surface area contributed by atoms with E-state index in [1.165, 1.54) is 0 Å². The smallest absolute Gasteiger partial charge is 0.268 e. The Morgan fingerprint density at radius 3 is 2.88 bits per heavy atom. The minimum absolute atomic E-state index is 0.0138. The highest BCUT2D eigenvalue weighted by atomic mass is 32.1. The van der Waals surface area contributed by atoms with Crippen LogP contribution in [0.2, 0.25) is 0 Å². The lowest BCUT2D eigenvalue weighted by Crippen LogP contribution is -2.41. The molecule has 0 bridgehead atoms. The predicted molar refractivity (Wildman–Crippen MR) is 99.5 cm³/mol. The number of aromatic nitrogens is 2. The molecular formula is C19H21N3O3S. The van der Waals surface area contributed by atoms with E-state index in [-0.39, 0.29) is 6.10 Å². The SMILES string of the molecule is CCCN(Cc1noc(-c2cccs2)n1)C[C@H]1COc2ccccc2O1. The molecule has 1 aliphatic rings. The number of fused-ring (bicyclic) bond motifs is 1. The average molecular weight is 371 g/mol. The third-order valence-electron chi connectivity index (χ3n) is 4.13. The van der Waals surface area contributed by atoms with Crippen molar-refractivity contribution in [2.45, 2.75) is 26.0 Å². The van der Waals surface area contributed by atoms with Crippen LogP contribution < -0.4 is 9.47 Å². The van der Waals surface area contributed by atoms with Crippen LogP contribution in [0.4, 0.5) is 0 Å². The van der Waals surface area contributed by atoms with Crippen LogP contribution >= 0.6 is 11.3 Å². The van der Waals surface area contributed by atoms with Gasteiger partial charge in [-0.25, -0.2) is 0 Å². The van der Waals surface area contributed by atoms with E-state index in [4.69, 9.17) is 14.0 Å². The summed E-state index contributed by atoms with van der Waals surface area (Å²) in [6.45, 7) is 5.03. The van der Waals surface area contributed by atoms with Gasteiger partial charge in [0.2, 0.25) is 0 Å². The van der Waals surface area contributed by atoms with E-state index < -0.39 is 0 Å². The van der Waals surface area contributed by atoms with Gasteiger partial charge in [0.15, 0.2) is 17.3 Å². The third kappa shape index (κ3) is 3.89. The molecule has 3 heterocycles. The van der Waals surface area contributed by atoms with Crippen molar-refractivity contribution in [3.05, 3.63) is 47.6 Å². The zero-order valence-corrected chi connectivity index (χ0v) is 15.4. The quantitative estimate of drug-likeness (QED) is 0.629. The van der Waals surface area contributed by atoms with Gasteiger partial charge in [-0.05, 0) is 36.5 Å². The first-order chi connectivity index (χ1) is 12.8. The molecule has 3 aromatic rings. The van der Waals surface area contributed by atoms with Crippen LogP contribution in [0, 0.1) is 0 Å². The molecule has 0 saturated carbocycles. The Hall–Kier alpha value is -2.38. The Labute approximate surface area is 156 Å². The van der Waals surface area contributed by atoms with Crippen LogP contribution in [0.5, 0.6) is 11.5 Å². The number of thiophene rings is 1. The van der Waals surface area contributed by atoms with E-state index >= 15 is 0 Å². The molecule has 0 saturated heterocycles. The molecule has 0 amide bonds. The predicted octanol–water partition coefficient (Wildman–Crippen LogP) is 3.85. The van der Waals surface area contributed by atoms with E-state index in [1.807, 2.05) is 41.8 Å². The highest BCUT2D eigenvalue weighted by molar-refractivity contribution is 7.13. The Balaban J connectivity index is 1.40. The van der Waals surface area contributed by atoms with E-state index in [0.717, 1.165) is 35.9 Å². The summed E-state index contributed by atoms with van der Waals surface area (Å²) in [5, 5.41) is 6.13. The van der Waals surface area contributed by atoms with Gasteiger partial charge in [-0.2, -0.15) is 4.98 Å². The molecule has 1 aromatic carbocycles. The summed E-state index contributed by atoms with van der Waals surface area (Å²) < 4.78 is 17.3. The summed E-state index contributed by atoms with van der Waals surface area (Å²) >= 11 is 1.59. The van der Waals surface area contributed by atoms with Gasteiger partial charge in [0, 0.05) is 6.54 Å². The molecule has 0 aliphatic carbocycles. The highest BCUT2D eigenvalue weighted by Crippen LogP contribution is 2.31. The first-order valence-electron chi connectivity index (χ1n) is 8.79. The van der Waals surface area contributed by atoms with Crippen molar-refractivity contribution in [2.75, 3.05) is 19.7 Å². The number of ether oxygens (including phenoxy) is 2. The number of hydrogen-bond acceptors (Lipinski definition) is 7. The van der Waals surface area contributed by atoms with Crippen molar-refractivity contribution >= 4 is 11.3 Å². The largest absolute Gasteiger partial charge is 0.486 e. The van der Waals surface area contributed by atoms with Gasteiger partial charge in [-0.1, -0.05) is 30.3 Å². The van der Waals surface area contributed by atoms with Gasteiger partial charge in [-0.3, -0.25) is 4.90 Å². The molecule has 0 spiro atoms. The first kappa shape index (κ1) is 17.1. The number of benzene rings is 1. The maximum Gasteiger partial charge on any atom is 0.268 e. The molecule has 136 valence electrons. The second-order valence-corrected chi connectivity index (χ2v) is 7.17. The monoisotopic (exact) mass is 371 g/mol. The Bertz CT molecular complexity index is 834. The zero-order chi connectivity index (χ0) is 17.8. The van der Waals surface area contributed by atoms with Gasteiger partial charge >= 0.3 is 0 Å². The molecule has 1 aliphatic heterocycles. The molecule has 7 heteroatoms. The fraction of sp³-hybridized carbons (Fsp3) is 0.368. The van der Waals surface area contributed by atoms with E-state index in [1.54, 1.807) is 11.3 Å². The fourth-order valence-corrected chi connectivity index (χ4v) is 3.66. The number of hydrogen-bond donors (Lipinski definition) is 0. The van der Waals surface area contributed by atoms with Crippen LogP contribution in [0.15, 0.2) is 46.3 Å².